The molecule has 34 heavy (non-hydrogen) atoms. The van der Waals surface area contributed by atoms with Gasteiger partial charge >= 0.3 is 6.03 Å². The number of urea groups is 1. The number of benzene rings is 2. The van der Waals surface area contributed by atoms with Crippen molar-refractivity contribution in [3.8, 4) is 5.75 Å². The fourth-order valence-electron chi connectivity index (χ4n) is 3.87. The van der Waals surface area contributed by atoms with Crippen LogP contribution in [0.25, 0.3) is 0 Å². The minimum Gasteiger partial charge on any atom is -0.486 e. The molecule has 0 radical (unpaired) electrons. The van der Waals surface area contributed by atoms with Gasteiger partial charge in [0, 0.05) is 23.0 Å². The van der Waals surface area contributed by atoms with Gasteiger partial charge in [0.15, 0.2) is 0 Å². The molecule has 2 aromatic carbocycles. The summed E-state index contributed by atoms with van der Waals surface area (Å²) in [5, 5.41) is 12.1. The lowest BCUT2D eigenvalue weighted by Crippen LogP contribution is -2.55. The van der Waals surface area contributed by atoms with E-state index in [-0.39, 0.29) is 30.6 Å². The van der Waals surface area contributed by atoms with Crippen LogP contribution in [0.2, 0.25) is 5.02 Å². The van der Waals surface area contributed by atoms with Crippen LogP contribution in [-0.4, -0.2) is 29.0 Å². The Morgan fingerprint density at radius 3 is 2.44 bits per heavy atom. The predicted molar refractivity (Wildman–Crippen MR) is 133 cm³/mol. The van der Waals surface area contributed by atoms with Crippen LogP contribution in [0.4, 0.5) is 4.79 Å². The van der Waals surface area contributed by atoms with Crippen LogP contribution in [0.15, 0.2) is 60.0 Å². The van der Waals surface area contributed by atoms with E-state index in [1.807, 2.05) is 30.3 Å². The first-order chi connectivity index (χ1) is 16.6. The van der Waals surface area contributed by atoms with E-state index in [1.165, 1.54) is 11.3 Å². The van der Waals surface area contributed by atoms with E-state index in [9.17, 15) is 9.59 Å². The highest BCUT2D eigenvalue weighted by Crippen LogP contribution is 2.21. The Morgan fingerprint density at radius 2 is 1.71 bits per heavy atom. The zero-order valence-electron chi connectivity index (χ0n) is 18.6. The van der Waals surface area contributed by atoms with Crippen molar-refractivity contribution in [2.75, 3.05) is 0 Å². The third-order valence-electron chi connectivity index (χ3n) is 5.66. The zero-order valence-corrected chi connectivity index (χ0v) is 20.2. The smallest absolute Gasteiger partial charge is 0.315 e. The number of carbonyl (C=O) groups is 2. The van der Waals surface area contributed by atoms with Crippen LogP contribution in [0, 0.1) is 0 Å². The summed E-state index contributed by atoms with van der Waals surface area (Å²) in [4.78, 5) is 29.7. The number of hydrogen-bond acceptors (Lipinski definition) is 5. The van der Waals surface area contributed by atoms with Crippen molar-refractivity contribution in [2.45, 2.75) is 50.9 Å². The molecule has 1 heterocycles. The maximum absolute atomic E-state index is 12.8. The number of halogens is 1. The molecule has 0 aliphatic heterocycles. The van der Waals surface area contributed by atoms with Gasteiger partial charge in [0.25, 0.3) is 5.91 Å². The van der Waals surface area contributed by atoms with Crippen molar-refractivity contribution >= 4 is 34.9 Å². The quantitative estimate of drug-likeness (QED) is 0.411. The summed E-state index contributed by atoms with van der Waals surface area (Å²) >= 11 is 7.26. The fraction of sp³-hybridized carbons (Fsp3) is 0.320. The van der Waals surface area contributed by atoms with Gasteiger partial charge in [-0.15, -0.1) is 11.3 Å². The lowest BCUT2D eigenvalue weighted by molar-refractivity contribution is 0.0911. The van der Waals surface area contributed by atoms with Gasteiger partial charge < -0.3 is 20.7 Å². The number of amides is 3. The molecular weight excluding hydrogens is 472 g/mol. The van der Waals surface area contributed by atoms with Crippen molar-refractivity contribution in [2.24, 2.45) is 0 Å². The van der Waals surface area contributed by atoms with E-state index in [2.05, 4.69) is 20.9 Å². The van der Waals surface area contributed by atoms with Crippen LogP contribution in [0.1, 0.15) is 46.7 Å². The van der Waals surface area contributed by atoms with Gasteiger partial charge in [0.2, 0.25) is 0 Å². The third-order valence-corrected chi connectivity index (χ3v) is 6.73. The van der Waals surface area contributed by atoms with Crippen molar-refractivity contribution in [1.29, 1.82) is 0 Å². The first kappa shape index (κ1) is 24.0. The van der Waals surface area contributed by atoms with Gasteiger partial charge in [-0.05, 0) is 42.7 Å². The lowest BCUT2D eigenvalue weighted by Gasteiger charge is -2.32. The van der Waals surface area contributed by atoms with Gasteiger partial charge in [-0.3, -0.25) is 4.79 Å². The number of ether oxygens (including phenoxy) is 1. The monoisotopic (exact) mass is 498 g/mol. The number of hydrogen-bond donors (Lipinski definition) is 3. The van der Waals surface area contributed by atoms with Crippen LogP contribution >= 0.6 is 22.9 Å². The van der Waals surface area contributed by atoms with E-state index in [0.717, 1.165) is 31.2 Å². The Balaban J connectivity index is 1.27. The van der Waals surface area contributed by atoms with Crippen molar-refractivity contribution < 1.29 is 14.3 Å². The van der Waals surface area contributed by atoms with Crippen molar-refractivity contribution in [3.63, 3.8) is 0 Å². The number of thiazole rings is 1. The van der Waals surface area contributed by atoms with Gasteiger partial charge in [-0.25, -0.2) is 9.78 Å². The molecule has 9 heteroatoms. The van der Waals surface area contributed by atoms with E-state index < -0.39 is 0 Å². The van der Waals surface area contributed by atoms with E-state index in [0.29, 0.717) is 28.0 Å². The zero-order chi connectivity index (χ0) is 23.8. The molecule has 1 fully saturated rings. The lowest BCUT2D eigenvalue weighted by atomic mass is 9.90. The molecule has 0 bridgehead atoms. The summed E-state index contributed by atoms with van der Waals surface area (Å²) in [6.45, 7) is 0.727. The molecular formula is C25H27ClN4O3S. The molecule has 3 N–H and O–H groups in total. The molecule has 7 nitrogen and oxygen atoms in total. The second kappa shape index (κ2) is 11.9. The number of nitrogens with zero attached hydrogens (tertiary/aromatic N) is 1. The number of nitrogens with one attached hydrogen (secondary N) is 3. The van der Waals surface area contributed by atoms with Crippen LogP contribution < -0.4 is 20.7 Å². The summed E-state index contributed by atoms with van der Waals surface area (Å²) < 4.78 is 5.71. The Labute approximate surface area is 207 Å². The molecule has 0 spiro atoms. The van der Waals surface area contributed by atoms with Gasteiger partial charge in [0.05, 0.1) is 6.04 Å². The Bertz CT molecular complexity index is 1090. The maximum Gasteiger partial charge on any atom is 0.315 e. The van der Waals surface area contributed by atoms with Crippen LogP contribution in [-0.2, 0) is 13.2 Å². The first-order valence-electron chi connectivity index (χ1n) is 11.3. The molecule has 1 aromatic heterocycles. The largest absolute Gasteiger partial charge is 0.486 e. The number of aromatic nitrogens is 1. The van der Waals surface area contributed by atoms with Crippen LogP contribution in [0.5, 0.6) is 5.75 Å². The highest BCUT2D eigenvalue weighted by molar-refractivity contribution is 7.09. The summed E-state index contributed by atoms with van der Waals surface area (Å²) in [6.07, 6.45) is 3.65. The van der Waals surface area contributed by atoms with Gasteiger partial charge in [0.1, 0.15) is 23.1 Å². The number of carbonyl (C=O) groups excluding carboxylic acids is 2. The third kappa shape index (κ3) is 6.95. The molecule has 178 valence electrons. The summed E-state index contributed by atoms with van der Waals surface area (Å²) in [6, 6.07) is 16.3. The normalized spacial score (nSPS) is 17.6. The second-order valence-electron chi connectivity index (χ2n) is 8.15. The topological polar surface area (TPSA) is 92.4 Å². The van der Waals surface area contributed by atoms with E-state index >= 15 is 0 Å². The summed E-state index contributed by atoms with van der Waals surface area (Å²) in [5.41, 5.74) is 1.39. The highest BCUT2D eigenvalue weighted by atomic mass is 35.5. The average molecular weight is 499 g/mol. The second-order valence-corrected chi connectivity index (χ2v) is 9.53. The Kier molecular flexibility index (Phi) is 8.38. The van der Waals surface area contributed by atoms with Crippen molar-refractivity contribution in [3.05, 3.63) is 81.3 Å². The summed E-state index contributed by atoms with van der Waals surface area (Å²) in [7, 11) is 0. The molecule has 1 aliphatic carbocycles. The predicted octanol–water partition coefficient (Wildman–Crippen LogP) is 4.92. The molecule has 3 aromatic rings. The minimum atomic E-state index is -0.239. The highest BCUT2D eigenvalue weighted by Gasteiger charge is 2.28. The molecule has 0 saturated heterocycles. The standard InChI is InChI=1S/C25H27ClN4O3S/c26-18-10-12-19(13-11-18)33-15-23-28-22(16-34-23)24(31)29-20-8-4-5-9-21(20)30-25(32)27-14-17-6-2-1-3-7-17/h1-3,6-7,10-13,16,20-21H,4-5,8-9,14-15H2,(H,29,31)(H2,27,30,32)/t20-,21-/m1/s1. The van der Waals surface area contributed by atoms with E-state index in [1.54, 1.807) is 29.6 Å². The fourth-order valence-corrected chi connectivity index (χ4v) is 4.69. The summed E-state index contributed by atoms with van der Waals surface area (Å²) in [5.74, 6) is 0.449. The Hall–Kier alpha value is -3.10. The van der Waals surface area contributed by atoms with Gasteiger partial charge in [-0.2, -0.15) is 0 Å². The molecule has 1 aliphatic rings. The van der Waals surface area contributed by atoms with E-state index in [4.69, 9.17) is 16.3 Å². The minimum absolute atomic E-state index is 0.125. The van der Waals surface area contributed by atoms with Gasteiger partial charge in [-0.1, -0.05) is 54.8 Å². The average Bonchev–Trinajstić information content (AvgIpc) is 3.34. The molecule has 1 saturated carbocycles. The number of rotatable bonds is 8. The molecule has 2 atom stereocenters. The first-order valence-corrected chi connectivity index (χ1v) is 12.5. The molecule has 3 amide bonds. The molecule has 4 rings (SSSR count). The molecule has 0 unspecified atom stereocenters. The van der Waals surface area contributed by atoms with Crippen LogP contribution in [0.3, 0.4) is 0 Å². The van der Waals surface area contributed by atoms with Crippen molar-refractivity contribution in [1.82, 2.24) is 20.9 Å². The Morgan fingerprint density at radius 1 is 1.00 bits per heavy atom. The maximum atomic E-state index is 12.8. The SMILES string of the molecule is O=C(NCc1ccccc1)N[C@@H]1CCCC[C@H]1NC(=O)c1csc(COc2ccc(Cl)cc2)n1.